The van der Waals surface area contributed by atoms with Crippen LogP contribution in [0.1, 0.15) is 13.8 Å². The Morgan fingerprint density at radius 2 is 1.86 bits per heavy atom. The number of nitrogens with one attached hydrogen (secondary N) is 2. The van der Waals surface area contributed by atoms with E-state index in [1.165, 1.54) is 0 Å². The molecule has 0 heterocycles. The first-order chi connectivity index (χ1) is 13.3. The molecule has 0 radical (unpaired) electrons. The second-order valence-corrected chi connectivity index (χ2v) is 8.37. The second kappa shape index (κ2) is 8.41. The summed E-state index contributed by atoms with van der Waals surface area (Å²) in [6.07, 6.45) is 1.13. The maximum absolute atomic E-state index is 12.3. The molecule has 0 bridgehead atoms. The summed E-state index contributed by atoms with van der Waals surface area (Å²) in [4.78, 5) is 24.4. The molecule has 2 aromatic rings. The summed E-state index contributed by atoms with van der Waals surface area (Å²) in [6, 6.07) is 13.4. The molecule has 2 amide bonds. The Hall–Kier alpha value is -2.24. The highest BCUT2D eigenvalue weighted by Crippen LogP contribution is 2.59. The molecule has 28 heavy (non-hydrogen) atoms. The van der Waals surface area contributed by atoms with Gasteiger partial charge < -0.3 is 10.1 Å². The lowest BCUT2D eigenvalue weighted by atomic mass is 10.1. The topological polar surface area (TPSA) is 67.4 Å². The average molecular weight is 421 g/mol. The largest absolute Gasteiger partial charge is 0.447 e. The molecule has 7 heteroatoms. The van der Waals surface area contributed by atoms with E-state index < -0.39 is 6.09 Å². The molecule has 2 atom stereocenters. The number of hydrogen-bond donors (Lipinski definition) is 2. The number of amides is 2. The Morgan fingerprint density at radius 1 is 1.14 bits per heavy atom. The van der Waals surface area contributed by atoms with Crippen molar-refractivity contribution in [3.63, 3.8) is 0 Å². The molecule has 5 nitrogen and oxygen atoms in total. The van der Waals surface area contributed by atoms with Gasteiger partial charge in [0.25, 0.3) is 0 Å². The normalized spacial score (nSPS) is 19.6. The van der Waals surface area contributed by atoms with Crippen molar-refractivity contribution in [1.82, 2.24) is 5.32 Å². The quantitative estimate of drug-likeness (QED) is 0.638. The molecule has 1 saturated carbocycles. The molecule has 1 fully saturated rings. The summed E-state index contributed by atoms with van der Waals surface area (Å²) in [6.45, 7) is 4.29. The van der Waals surface area contributed by atoms with Crippen molar-refractivity contribution < 1.29 is 14.3 Å². The number of carbonyl (C=O) groups is 2. The average Bonchev–Trinajstić information content (AvgIpc) is 3.18. The fourth-order valence-corrected chi connectivity index (χ4v) is 3.81. The van der Waals surface area contributed by atoms with Gasteiger partial charge in [0.15, 0.2) is 0 Å². The molecule has 148 valence electrons. The number of carbonyl (C=O) groups excluding carboxylic acids is 2. The first kappa shape index (κ1) is 20.5. The molecule has 0 aliphatic heterocycles. The first-order valence-electron chi connectivity index (χ1n) is 9.03. The van der Waals surface area contributed by atoms with Gasteiger partial charge in [-0.3, -0.25) is 10.1 Å². The smallest absolute Gasteiger partial charge is 0.411 e. The van der Waals surface area contributed by atoms with Crippen LogP contribution in [-0.4, -0.2) is 25.2 Å². The van der Waals surface area contributed by atoms with Gasteiger partial charge in [0, 0.05) is 5.39 Å². The summed E-state index contributed by atoms with van der Waals surface area (Å²) in [5.41, 5.74) is 0.491. The minimum atomic E-state index is -0.563. The molecule has 0 spiro atoms. The Balaban J connectivity index is 1.45. The van der Waals surface area contributed by atoms with E-state index in [1.807, 2.05) is 56.3 Å². The summed E-state index contributed by atoms with van der Waals surface area (Å²) in [5.74, 6) is -0.281. The molecular weight excluding hydrogens is 399 g/mol. The zero-order valence-corrected chi connectivity index (χ0v) is 17.2. The Kier molecular flexibility index (Phi) is 6.16. The van der Waals surface area contributed by atoms with Crippen LogP contribution in [0, 0.1) is 17.3 Å². The van der Waals surface area contributed by atoms with Gasteiger partial charge in [-0.2, -0.15) is 0 Å². The number of ether oxygens (including phenoxy) is 1. The van der Waals surface area contributed by atoms with Crippen molar-refractivity contribution in [1.29, 1.82) is 0 Å². The van der Waals surface area contributed by atoms with E-state index in [9.17, 15) is 9.59 Å². The Morgan fingerprint density at radius 3 is 2.61 bits per heavy atom. The van der Waals surface area contributed by atoms with Crippen molar-refractivity contribution in [3.05, 3.63) is 53.0 Å². The third-order valence-electron chi connectivity index (χ3n) is 5.16. The molecule has 3 rings (SSSR count). The maximum Gasteiger partial charge on any atom is 0.411 e. The zero-order chi connectivity index (χ0) is 20.3. The fraction of sp³-hybridized carbons (Fsp3) is 0.333. The van der Waals surface area contributed by atoms with Crippen LogP contribution in [0.2, 0.25) is 0 Å². The van der Waals surface area contributed by atoms with Crippen LogP contribution in [0.25, 0.3) is 10.8 Å². The highest BCUT2D eigenvalue weighted by molar-refractivity contribution is 6.55. The van der Waals surface area contributed by atoms with Crippen LogP contribution in [0.5, 0.6) is 0 Å². The van der Waals surface area contributed by atoms with Crippen LogP contribution in [0.4, 0.5) is 10.5 Å². The van der Waals surface area contributed by atoms with Gasteiger partial charge >= 0.3 is 6.09 Å². The van der Waals surface area contributed by atoms with Crippen molar-refractivity contribution in [2.75, 3.05) is 18.5 Å². The lowest BCUT2D eigenvalue weighted by molar-refractivity contribution is -0.123. The molecule has 1 aliphatic rings. The standard InChI is InChI=1S/C21H22Cl2N2O3/c1-21(2)15(12-17(22)23)18(21)19(26)24-10-11-28-20(27)25-16-9-5-7-13-6-3-4-8-14(13)16/h3-9,12,15,18H,10-11H2,1-2H3,(H,24,26)(H,25,27)/t15-,18+/m1/s1. The van der Waals surface area contributed by atoms with Crippen LogP contribution in [0.3, 0.4) is 0 Å². The van der Waals surface area contributed by atoms with Gasteiger partial charge in [-0.05, 0) is 28.9 Å². The van der Waals surface area contributed by atoms with E-state index in [4.69, 9.17) is 27.9 Å². The van der Waals surface area contributed by atoms with Gasteiger partial charge in [0.2, 0.25) is 5.91 Å². The number of benzene rings is 2. The molecule has 1 aliphatic carbocycles. The fourth-order valence-electron chi connectivity index (χ4n) is 3.53. The lowest BCUT2D eigenvalue weighted by Crippen LogP contribution is -2.31. The van der Waals surface area contributed by atoms with Crippen molar-refractivity contribution >= 4 is 51.7 Å². The van der Waals surface area contributed by atoms with Crippen LogP contribution >= 0.6 is 23.2 Å². The number of hydrogen-bond acceptors (Lipinski definition) is 3. The number of rotatable bonds is 6. The van der Waals surface area contributed by atoms with Crippen molar-refractivity contribution in [2.45, 2.75) is 13.8 Å². The van der Waals surface area contributed by atoms with E-state index in [1.54, 1.807) is 6.08 Å². The van der Waals surface area contributed by atoms with Gasteiger partial charge in [-0.1, -0.05) is 73.4 Å². The van der Waals surface area contributed by atoms with Crippen LogP contribution < -0.4 is 10.6 Å². The minimum absolute atomic E-state index is 0.00748. The second-order valence-electron chi connectivity index (χ2n) is 7.36. The van der Waals surface area contributed by atoms with Crippen molar-refractivity contribution in [2.24, 2.45) is 17.3 Å². The van der Waals surface area contributed by atoms with E-state index in [0.717, 1.165) is 10.8 Å². The van der Waals surface area contributed by atoms with Crippen LogP contribution in [0.15, 0.2) is 53.0 Å². The summed E-state index contributed by atoms with van der Waals surface area (Å²) < 4.78 is 5.34. The molecule has 0 aromatic heterocycles. The highest BCUT2D eigenvalue weighted by atomic mass is 35.5. The summed E-state index contributed by atoms with van der Waals surface area (Å²) in [5, 5.41) is 7.49. The third-order valence-corrected chi connectivity index (χ3v) is 5.41. The van der Waals surface area contributed by atoms with E-state index in [2.05, 4.69) is 10.6 Å². The van der Waals surface area contributed by atoms with Gasteiger partial charge in [0.1, 0.15) is 11.1 Å². The molecule has 2 aromatic carbocycles. The van der Waals surface area contributed by atoms with Gasteiger partial charge in [-0.15, -0.1) is 0 Å². The predicted molar refractivity (Wildman–Crippen MR) is 112 cm³/mol. The minimum Gasteiger partial charge on any atom is -0.447 e. The summed E-state index contributed by atoms with van der Waals surface area (Å²) >= 11 is 11.4. The first-order valence-corrected chi connectivity index (χ1v) is 9.78. The Bertz CT molecular complexity index is 918. The number of fused-ring (bicyclic) bond motifs is 1. The van der Waals surface area contributed by atoms with Crippen molar-refractivity contribution in [3.8, 4) is 0 Å². The lowest BCUT2D eigenvalue weighted by Gasteiger charge is -2.10. The van der Waals surface area contributed by atoms with E-state index in [0.29, 0.717) is 5.69 Å². The number of anilines is 1. The monoisotopic (exact) mass is 420 g/mol. The molecule has 0 unspecified atom stereocenters. The number of allylic oxidation sites excluding steroid dienone is 1. The third kappa shape index (κ3) is 4.59. The van der Waals surface area contributed by atoms with Gasteiger partial charge in [-0.25, -0.2) is 4.79 Å². The molecule has 0 saturated heterocycles. The maximum atomic E-state index is 12.3. The molecule has 2 N–H and O–H groups in total. The SMILES string of the molecule is CC1(C)[C@H](C=C(Cl)Cl)[C@H]1C(=O)NCCOC(=O)Nc1cccc2ccccc12. The highest BCUT2D eigenvalue weighted by Gasteiger charge is 2.60. The predicted octanol–water partition coefficient (Wildman–Crippen LogP) is 5.10. The van der Waals surface area contributed by atoms with Gasteiger partial charge in [0.05, 0.1) is 18.2 Å². The van der Waals surface area contributed by atoms with E-state index >= 15 is 0 Å². The number of halogens is 2. The van der Waals surface area contributed by atoms with Crippen LogP contribution in [-0.2, 0) is 9.53 Å². The summed E-state index contributed by atoms with van der Waals surface area (Å²) in [7, 11) is 0. The Labute approximate surface area is 174 Å². The molecular formula is C21H22Cl2N2O3. The van der Waals surface area contributed by atoms with E-state index in [-0.39, 0.29) is 40.8 Å². The zero-order valence-electron chi connectivity index (χ0n) is 15.7.